The molecule has 0 saturated carbocycles. The van der Waals surface area contributed by atoms with Crippen molar-refractivity contribution in [2.75, 3.05) is 11.1 Å². The third-order valence-electron chi connectivity index (χ3n) is 5.15. The number of nitrogens with zero attached hydrogens (tertiary/aromatic N) is 2. The number of nitrogens with two attached hydrogens (primary N) is 1. The van der Waals surface area contributed by atoms with Crippen LogP contribution in [0.2, 0.25) is 0 Å². The van der Waals surface area contributed by atoms with Gasteiger partial charge in [-0.15, -0.1) is 5.11 Å². The van der Waals surface area contributed by atoms with Crippen LogP contribution in [0.1, 0.15) is 0 Å². The molecule has 5 rings (SSSR count). The van der Waals surface area contributed by atoms with Crippen LogP contribution in [0.25, 0.3) is 21.5 Å². The predicted molar refractivity (Wildman–Crippen MR) is 126 cm³/mol. The topological polar surface area (TPSA) is 62.8 Å². The quantitative estimate of drug-likeness (QED) is 0.188. The van der Waals surface area contributed by atoms with Gasteiger partial charge in [-0.25, -0.2) is 0 Å². The van der Waals surface area contributed by atoms with Crippen LogP contribution in [0.3, 0.4) is 0 Å². The molecular weight excluding hydrogens is 368 g/mol. The molecular formula is C26H20N4. The Labute approximate surface area is 174 Å². The molecule has 3 N–H and O–H groups in total. The molecule has 0 heterocycles. The van der Waals surface area contributed by atoms with Gasteiger partial charge in [0, 0.05) is 10.8 Å². The van der Waals surface area contributed by atoms with Crippen LogP contribution in [0.15, 0.2) is 113 Å². The van der Waals surface area contributed by atoms with Gasteiger partial charge in [0.15, 0.2) is 0 Å². The van der Waals surface area contributed by atoms with Crippen LogP contribution in [-0.2, 0) is 0 Å². The van der Waals surface area contributed by atoms with Crippen molar-refractivity contribution in [1.29, 1.82) is 0 Å². The van der Waals surface area contributed by atoms with E-state index in [0.29, 0.717) is 5.69 Å². The van der Waals surface area contributed by atoms with Crippen LogP contribution in [0, 0.1) is 0 Å². The normalized spacial score (nSPS) is 11.3. The largest absolute Gasteiger partial charge is 0.397 e. The van der Waals surface area contributed by atoms with Crippen molar-refractivity contribution in [3.8, 4) is 0 Å². The molecule has 0 bridgehead atoms. The number of hydrogen-bond acceptors (Lipinski definition) is 4. The number of para-hydroxylation sites is 2. The van der Waals surface area contributed by atoms with Crippen LogP contribution < -0.4 is 11.1 Å². The van der Waals surface area contributed by atoms with Crippen molar-refractivity contribution in [2.24, 2.45) is 10.2 Å². The van der Waals surface area contributed by atoms with Crippen LogP contribution in [0.5, 0.6) is 0 Å². The molecule has 0 amide bonds. The number of nitrogen functional groups attached to an aromatic ring is 1. The zero-order valence-corrected chi connectivity index (χ0v) is 16.3. The highest BCUT2D eigenvalue weighted by atomic mass is 15.1. The van der Waals surface area contributed by atoms with Gasteiger partial charge in [-0.05, 0) is 35.0 Å². The van der Waals surface area contributed by atoms with E-state index in [1.165, 1.54) is 0 Å². The minimum Gasteiger partial charge on any atom is -0.397 e. The Bertz CT molecular complexity index is 1370. The maximum absolute atomic E-state index is 6.22. The van der Waals surface area contributed by atoms with Gasteiger partial charge in [-0.2, -0.15) is 5.11 Å². The third-order valence-corrected chi connectivity index (χ3v) is 5.15. The summed E-state index contributed by atoms with van der Waals surface area (Å²) in [6, 6.07) is 34.1. The summed E-state index contributed by atoms with van der Waals surface area (Å²) in [5, 5.41) is 17.2. The maximum atomic E-state index is 6.22. The van der Waals surface area contributed by atoms with E-state index in [0.717, 1.165) is 44.3 Å². The Balaban J connectivity index is 1.80. The number of anilines is 3. The summed E-state index contributed by atoms with van der Waals surface area (Å²) in [6.07, 6.45) is 0. The number of benzene rings is 5. The third kappa shape index (κ3) is 3.25. The molecule has 0 aliphatic heterocycles. The Kier molecular flexibility index (Phi) is 4.58. The Morgan fingerprint density at radius 3 is 1.83 bits per heavy atom. The highest BCUT2D eigenvalue weighted by Gasteiger charge is 2.15. The van der Waals surface area contributed by atoms with E-state index in [1.54, 1.807) is 0 Å². The number of azo groups is 1. The maximum Gasteiger partial charge on any atom is 0.118 e. The minimum absolute atomic E-state index is 0.681. The van der Waals surface area contributed by atoms with Crippen molar-refractivity contribution < 1.29 is 0 Å². The van der Waals surface area contributed by atoms with Gasteiger partial charge >= 0.3 is 0 Å². The molecule has 0 unspecified atom stereocenters. The van der Waals surface area contributed by atoms with Crippen molar-refractivity contribution >= 4 is 50.0 Å². The summed E-state index contributed by atoms with van der Waals surface area (Å²) in [7, 11) is 0. The van der Waals surface area contributed by atoms with E-state index in [-0.39, 0.29) is 0 Å². The SMILES string of the molecule is Nc1ccccc1Nc1c(N=Nc2ccccc2)c2ccccc2c2ccccc12. The van der Waals surface area contributed by atoms with Crippen molar-refractivity contribution in [3.63, 3.8) is 0 Å². The molecule has 4 nitrogen and oxygen atoms in total. The van der Waals surface area contributed by atoms with Crippen molar-refractivity contribution in [3.05, 3.63) is 103 Å². The Hall–Kier alpha value is -4.18. The molecule has 0 spiro atoms. The standard InChI is InChI=1S/C26H20N4/c27-23-16-8-9-17-24(23)28-25-21-14-6-4-12-19(21)20-13-5-7-15-22(20)26(25)30-29-18-10-2-1-3-11-18/h1-17,28H,27H2. The number of fused-ring (bicyclic) bond motifs is 3. The summed E-state index contributed by atoms with van der Waals surface area (Å²) in [4.78, 5) is 0. The van der Waals surface area contributed by atoms with Gasteiger partial charge in [-0.3, -0.25) is 0 Å². The summed E-state index contributed by atoms with van der Waals surface area (Å²) in [5.41, 5.74) is 10.2. The highest BCUT2D eigenvalue weighted by Crippen LogP contribution is 2.44. The van der Waals surface area contributed by atoms with Gasteiger partial charge in [0.2, 0.25) is 0 Å². The molecule has 0 radical (unpaired) electrons. The number of hydrogen-bond donors (Lipinski definition) is 2. The molecule has 0 fully saturated rings. The van der Waals surface area contributed by atoms with Gasteiger partial charge in [0.25, 0.3) is 0 Å². The van der Waals surface area contributed by atoms with E-state index in [2.05, 4.69) is 46.8 Å². The van der Waals surface area contributed by atoms with Gasteiger partial charge in [-0.1, -0.05) is 78.9 Å². The van der Waals surface area contributed by atoms with Gasteiger partial charge in [0.05, 0.1) is 22.7 Å². The smallest absolute Gasteiger partial charge is 0.118 e. The Morgan fingerprint density at radius 1 is 0.533 bits per heavy atom. The van der Waals surface area contributed by atoms with Crippen LogP contribution >= 0.6 is 0 Å². The molecule has 0 saturated heterocycles. The first-order valence-corrected chi connectivity index (χ1v) is 9.83. The fourth-order valence-electron chi connectivity index (χ4n) is 3.70. The summed E-state index contributed by atoms with van der Waals surface area (Å²) >= 11 is 0. The molecule has 0 atom stereocenters. The summed E-state index contributed by atoms with van der Waals surface area (Å²) < 4.78 is 0. The minimum atomic E-state index is 0.681. The van der Waals surface area contributed by atoms with E-state index < -0.39 is 0 Å². The van der Waals surface area contributed by atoms with Crippen molar-refractivity contribution in [2.45, 2.75) is 0 Å². The molecule has 144 valence electrons. The lowest BCUT2D eigenvalue weighted by molar-refractivity contribution is 1.24. The van der Waals surface area contributed by atoms with Crippen LogP contribution in [0.4, 0.5) is 28.4 Å². The van der Waals surface area contributed by atoms with E-state index >= 15 is 0 Å². The van der Waals surface area contributed by atoms with Crippen molar-refractivity contribution in [1.82, 2.24) is 0 Å². The molecule has 5 aromatic rings. The lowest BCUT2D eigenvalue weighted by Crippen LogP contribution is -1.97. The first-order valence-electron chi connectivity index (χ1n) is 9.83. The zero-order chi connectivity index (χ0) is 20.3. The second-order valence-corrected chi connectivity index (χ2v) is 7.06. The fourth-order valence-corrected chi connectivity index (χ4v) is 3.70. The van der Waals surface area contributed by atoms with E-state index in [1.807, 2.05) is 66.7 Å². The average Bonchev–Trinajstić information content (AvgIpc) is 2.81. The lowest BCUT2D eigenvalue weighted by atomic mass is 9.98. The summed E-state index contributed by atoms with van der Waals surface area (Å²) in [5.74, 6) is 0. The van der Waals surface area contributed by atoms with Crippen LogP contribution in [-0.4, -0.2) is 0 Å². The molecule has 30 heavy (non-hydrogen) atoms. The molecule has 4 heteroatoms. The van der Waals surface area contributed by atoms with Gasteiger partial charge in [0.1, 0.15) is 5.69 Å². The molecule has 0 aromatic heterocycles. The number of rotatable bonds is 4. The fraction of sp³-hybridized carbons (Fsp3) is 0. The first kappa shape index (κ1) is 17.9. The monoisotopic (exact) mass is 388 g/mol. The Morgan fingerprint density at radius 2 is 1.10 bits per heavy atom. The zero-order valence-electron chi connectivity index (χ0n) is 16.3. The van der Waals surface area contributed by atoms with E-state index in [4.69, 9.17) is 10.8 Å². The second kappa shape index (κ2) is 7.68. The average molecular weight is 388 g/mol. The first-order chi connectivity index (χ1) is 14.8. The second-order valence-electron chi connectivity index (χ2n) is 7.06. The van der Waals surface area contributed by atoms with E-state index in [9.17, 15) is 0 Å². The lowest BCUT2D eigenvalue weighted by Gasteiger charge is -2.17. The molecule has 0 aliphatic rings. The molecule has 5 aromatic carbocycles. The van der Waals surface area contributed by atoms with Gasteiger partial charge < -0.3 is 11.1 Å². The summed E-state index contributed by atoms with van der Waals surface area (Å²) in [6.45, 7) is 0. The predicted octanol–water partition coefficient (Wildman–Crippen LogP) is 7.73. The number of nitrogens with one attached hydrogen (secondary N) is 1. The molecule has 0 aliphatic carbocycles. The highest BCUT2D eigenvalue weighted by molar-refractivity contribution is 6.20.